The fraction of sp³-hybridized carbons (Fsp3) is 0.273. The Morgan fingerprint density at radius 2 is 1.75 bits per heavy atom. The molecule has 0 saturated carbocycles. The quantitative estimate of drug-likeness (QED) is 0.757. The van der Waals surface area contributed by atoms with Crippen LogP contribution in [0.5, 0.6) is 0 Å². The molecule has 0 bridgehead atoms. The van der Waals surface area contributed by atoms with E-state index in [-0.39, 0.29) is 11.8 Å². The first-order chi connectivity index (χ1) is 13.6. The zero-order valence-electron chi connectivity index (χ0n) is 16.0. The predicted molar refractivity (Wildman–Crippen MR) is 111 cm³/mol. The number of para-hydroxylation sites is 1. The highest BCUT2D eigenvalue weighted by atomic mass is 16.5. The highest BCUT2D eigenvalue weighted by molar-refractivity contribution is 6.02. The van der Waals surface area contributed by atoms with E-state index in [4.69, 9.17) is 4.74 Å². The van der Waals surface area contributed by atoms with Gasteiger partial charge in [0.1, 0.15) is 0 Å². The van der Waals surface area contributed by atoms with Crippen LogP contribution in [-0.4, -0.2) is 43.0 Å². The van der Waals surface area contributed by atoms with E-state index in [0.29, 0.717) is 0 Å². The van der Waals surface area contributed by atoms with Crippen LogP contribution in [0.3, 0.4) is 0 Å². The lowest BCUT2D eigenvalue weighted by atomic mass is 10.1. The molecule has 3 rings (SSSR count). The Morgan fingerprint density at radius 1 is 1.04 bits per heavy atom. The third kappa shape index (κ3) is 6.04. The van der Waals surface area contributed by atoms with Crippen molar-refractivity contribution in [1.82, 2.24) is 4.90 Å². The van der Waals surface area contributed by atoms with Crippen LogP contribution in [0, 0.1) is 0 Å². The summed E-state index contributed by atoms with van der Waals surface area (Å²) in [5.74, 6) is -0.293. The maximum atomic E-state index is 12.4. The third-order valence-corrected chi connectivity index (χ3v) is 4.43. The van der Waals surface area contributed by atoms with Gasteiger partial charge in [-0.3, -0.25) is 14.5 Å². The van der Waals surface area contributed by atoms with E-state index in [0.717, 1.165) is 55.3 Å². The monoisotopic (exact) mass is 379 g/mol. The lowest BCUT2D eigenvalue weighted by Crippen LogP contribution is -2.35. The van der Waals surface area contributed by atoms with E-state index in [1.54, 1.807) is 18.2 Å². The van der Waals surface area contributed by atoms with Gasteiger partial charge in [-0.2, -0.15) is 0 Å². The second-order valence-electron chi connectivity index (χ2n) is 6.67. The van der Waals surface area contributed by atoms with E-state index < -0.39 is 0 Å². The summed E-state index contributed by atoms with van der Waals surface area (Å²) in [7, 11) is 0. The summed E-state index contributed by atoms with van der Waals surface area (Å²) in [6, 6.07) is 15.2. The zero-order valence-corrected chi connectivity index (χ0v) is 16.0. The van der Waals surface area contributed by atoms with Crippen LogP contribution >= 0.6 is 0 Å². The minimum atomic E-state index is -0.180. The molecule has 0 aliphatic carbocycles. The summed E-state index contributed by atoms with van der Waals surface area (Å²) in [5.41, 5.74) is 3.52. The molecule has 6 nitrogen and oxygen atoms in total. The van der Waals surface area contributed by atoms with Gasteiger partial charge in [0, 0.05) is 44.0 Å². The van der Waals surface area contributed by atoms with Crippen molar-refractivity contribution in [2.75, 3.05) is 36.9 Å². The van der Waals surface area contributed by atoms with Gasteiger partial charge in [-0.05, 0) is 35.4 Å². The average Bonchev–Trinajstić information content (AvgIpc) is 2.69. The summed E-state index contributed by atoms with van der Waals surface area (Å²) in [6.45, 7) is 5.55. The number of morpholine rings is 1. The molecule has 1 aliphatic rings. The lowest BCUT2D eigenvalue weighted by Gasteiger charge is -2.27. The second-order valence-corrected chi connectivity index (χ2v) is 6.67. The van der Waals surface area contributed by atoms with Crippen LogP contribution in [0.15, 0.2) is 54.6 Å². The van der Waals surface area contributed by atoms with Gasteiger partial charge in [-0.15, -0.1) is 0 Å². The highest BCUT2D eigenvalue weighted by Crippen LogP contribution is 2.18. The van der Waals surface area contributed by atoms with E-state index in [1.807, 2.05) is 36.4 Å². The number of nitrogens with one attached hydrogen (secondary N) is 2. The number of amides is 2. The highest BCUT2D eigenvalue weighted by Gasteiger charge is 2.13. The van der Waals surface area contributed by atoms with Crippen molar-refractivity contribution in [3.8, 4) is 0 Å². The van der Waals surface area contributed by atoms with E-state index in [2.05, 4.69) is 15.5 Å². The average molecular weight is 379 g/mol. The SMILES string of the molecule is CC(=O)Nc1ccc(C=CC(=O)Nc2ccccc2CN2CCOCC2)cc1. The Hall–Kier alpha value is -2.96. The summed E-state index contributed by atoms with van der Waals surface area (Å²) < 4.78 is 5.39. The van der Waals surface area contributed by atoms with Crippen LogP contribution < -0.4 is 10.6 Å². The number of anilines is 2. The molecule has 0 atom stereocenters. The number of nitrogens with zero attached hydrogens (tertiary/aromatic N) is 1. The Morgan fingerprint density at radius 3 is 2.46 bits per heavy atom. The summed E-state index contributed by atoms with van der Waals surface area (Å²) in [4.78, 5) is 25.7. The Bertz CT molecular complexity index is 840. The number of hydrogen-bond donors (Lipinski definition) is 2. The largest absolute Gasteiger partial charge is 0.379 e. The third-order valence-electron chi connectivity index (χ3n) is 4.43. The lowest BCUT2D eigenvalue weighted by molar-refractivity contribution is -0.114. The number of carbonyl (C=O) groups is 2. The molecule has 2 aromatic carbocycles. The van der Waals surface area contributed by atoms with Crippen LogP contribution in [0.1, 0.15) is 18.1 Å². The molecule has 1 heterocycles. The van der Waals surface area contributed by atoms with Gasteiger partial charge in [0.2, 0.25) is 11.8 Å². The van der Waals surface area contributed by atoms with Crippen LogP contribution in [0.2, 0.25) is 0 Å². The summed E-state index contributed by atoms with van der Waals surface area (Å²) in [6.07, 6.45) is 3.26. The second kappa shape index (κ2) is 9.82. The molecular formula is C22H25N3O3. The molecule has 0 spiro atoms. The summed E-state index contributed by atoms with van der Waals surface area (Å²) in [5, 5.41) is 5.68. The van der Waals surface area contributed by atoms with Crippen LogP contribution in [0.25, 0.3) is 6.08 Å². The van der Waals surface area contributed by atoms with Gasteiger partial charge in [0.05, 0.1) is 13.2 Å². The molecule has 0 unspecified atom stereocenters. The van der Waals surface area contributed by atoms with Crippen molar-refractivity contribution < 1.29 is 14.3 Å². The molecule has 146 valence electrons. The molecule has 0 aromatic heterocycles. The smallest absolute Gasteiger partial charge is 0.248 e. The van der Waals surface area contributed by atoms with Crippen molar-refractivity contribution in [2.24, 2.45) is 0 Å². The molecule has 1 saturated heterocycles. The number of ether oxygens (including phenoxy) is 1. The summed E-state index contributed by atoms with van der Waals surface area (Å²) >= 11 is 0. The molecule has 2 aromatic rings. The maximum Gasteiger partial charge on any atom is 0.248 e. The predicted octanol–water partition coefficient (Wildman–Crippen LogP) is 3.13. The standard InChI is InChI=1S/C22H25N3O3/c1-17(26)23-20-9-6-18(7-10-20)8-11-22(27)24-21-5-3-2-4-19(21)16-25-12-14-28-15-13-25/h2-11H,12-16H2,1H3,(H,23,26)(H,24,27). The maximum absolute atomic E-state index is 12.4. The van der Waals surface area contributed by atoms with Gasteiger partial charge in [-0.1, -0.05) is 30.3 Å². The van der Waals surface area contributed by atoms with Gasteiger partial charge in [0.15, 0.2) is 0 Å². The van der Waals surface area contributed by atoms with Gasteiger partial charge in [0.25, 0.3) is 0 Å². The number of benzene rings is 2. The molecule has 1 fully saturated rings. The van der Waals surface area contributed by atoms with E-state index in [1.165, 1.54) is 13.0 Å². The van der Waals surface area contributed by atoms with E-state index in [9.17, 15) is 9.59 Å². The zero-order chi connectivity index (χ0) is 19.8. The van der Waals surface area contributed by atoms with Crippen molar-refractivity contribution in [3.63, 3.8) is 0 Å². The normalized spacial score (nSPS) is 14.8. The molecular weight excluding hydrogens is 354 g/mol. The molecule has 6 heteroatoms. The first kappa shape index (κ1) is 19.8. The first-order valence-corrected chi connectivity index (χ1v) is 9.35. The Kier molecular flexibility index (Phi) is 6.94. The molecule has 28 heavy (non-hydrogen) atoms. The first-order valence-electron chi connectivity index (χ1n) is 9.35. The van der Waals surface area contributed by atoms with Gasteiger partial charge in [-0.25, -0.2) is 0 Å². The fourth-order valence-electron chi connectivity index (χ4n) is 3.01. The molecule has 2 N–H and O–H groups in total. The Labute approximate surface area is 165 Å². The minimum absolute atomic E-state index is 0.113. The van der Waals surface area contributed by atoms with Crippen molar-refractivity contribution in [1.29, 1.82) is 0 Å². The minimum Gasteiger partial charge on any atom is -0.379 e. The molecule has 2 amide bonds. The van der Waals surface area contributed by atoms with Gasteiger partial charge >= 0.3 is 0 Å². The number of hydrogen-bond acceptors (Lipinski definition) is 4. The van der Waals surface area contributed by atoms with Crippen LogP contribution in [0.4, 0.5) is 11.4 Å². The van der Waals surface area contributed by atoms with Crippen LogP contribution in [-0.2, 0) is 20.9 Å². The molecule has 0 radical (unpaired) electrons. The number of carbonyl (C=O) groups excluding carboxylic acids is 2. The molecule has 1 aliphatic heterocycles. The Balaban J connectivity index is 1.60. The van der Waals surface area contributed by atoms with Crippen molar-refractivity contribution in [3.05, 3.63) is 65.7 Å². The topological polar surface area (TPSA) is 70.7 Å². The number of rotatable bonds is 6. The van der Waals surface area contributed by atoms with Crippen molar-refractivity contribution >= 4 is 29.3 Å². The van der Waals surface area contributed by atoms with Gasteiger partial charge < -0.3 is 15.4 Å². The fourth-order valence-corrected chi connectivity index (χ4v) is 3.01. The van der Waals surface area contributed by atoms with E-state index >= 15 is 0 Å². The van der Waals surface area contributed by atoms with Crippen molar-refractivity contribution in [2.45, 2.75) is 13.5 Å².